The third-order valence-electron chi connectivity index (χ3n) is 4.72. The van der Waals surface area contributed by atoms with E-state index in [1.165, 1.54) is 0 Å². The standard InChI is InChI=1S/C21H26N4O2/c1-14(2)20(15-9-11-16(27-4)12-10-15)24-21(26)22-13-19-23-17-7-5-6-8-18(17)25(19)3/h5-12,14,20H,13H2,1-4H3,(H2,22,24,26)/t20-/m0/s1. The third-order valence-corrected chi connectivity index (χ3v) is 4.72. The highest BCUT2D eigenvalue weighted by Gasteiger charge is 2.18. The number of benzene rings is 2. The fraction of sp³-hybridized carbons (Fsp3) is 0.333. The van der Waals surface area contributed by atoms with E-state index in [1.54, 1.807) is 7.11 Å². The number of hydrogen-bond acceptors (Lipinski definition) is 3. The van der Waals surface area contributed by atoms with Crippen molar-refractivity contribution in [2.75, 3.05) is 7.11 Å². The lowest BCUT2D eigenvalue weighted by atomic mass is 9.96. The molecule has 6 nitrogen and oxygen atoms in total. The molecule has 0 saturated heterocycles. The molecule has 2 amide bonds. The lowest BCUT2D eigenvalue weighted by molar-refractivity contribution is 0.232. The van der Waals surface area contributed by atoms with Crippen molar-refractivity contribution in [1.82, 2.24) is 20.2 Å². The molecule has 0 unspecified atom stereocenters. The van der Waals surface area contributed by atoms with Crippen LogP contribution in [0.4, 0.5) is 4.79 Å². The van der Waals surface area contributed by atoms with Crippen LogP contribution in [-0.4, -0.2) is 22.7 Å². The first-order valence-electron chi connectivity index (χ1n) is 9.08. The quantitative estimate of drug-likeness (QED) is 0.698. The van der Waals surface area contributed by atoms with Crippen LogP contribution in [0.15, 0.2) is 48.5 Å². The lowest BCUT2D eigenvalue weighted by Gasteiger charge is -2.23. The van der Waals surface area contributed by atoms with Crippen molar-refractivity contribution in [2.45, 2.75) is 26.4 Å². The normalized spacial score (nSPS) is 12.2. The maximum atomic E-state index is 12.5. The first kappa shape index (κ1) is 18.8. The zero-order valence-electron chi connectivity index (χ0n) is 16.2. The number of imidazole rings is 1. The minimum atomic E-state index is -0.212. The molecule has 1 heterocycles. The topological polar surface area (TPSA) is 68.2 Å². The number of nitrogens with one attached hydrogen (secondary N) is 2. The molecule has 1 aromatic heterocycles. The van der Waals surface area contributed by atoms with E-state index < -0.39 is 0 Å². The summed E-state index contributed by atoms with van der Waals surface area (Å²) in [6.45, 7) is 4.53. The Hall–Kier alpha value is -3.02. The van der Waals surface area contributed by atoms with Crippen LogP contribution in [0, 0.1) is 5.92 Å². The number of rotatable bonds is 6. The number of carbonyl (C=O) groups is 1. The SMILES string of the molecule is COc1ccc([C@@H](NC(=O)NCc2nc3ccccc3n2C)C(C)C)cc1. The molecule has 3 aromatic rings. The summed E-state index contributed by atoms with van der Waals surface area (Å²) in [7, 11) is 3.60. The summed E-state index contributed by atoms with van der Waals surface area (Å²) in [5.74, 6) is 1.87. The van der Waals surface area contributed by atoms with Crippen molar-refractivity contribution in [2.24, 2.45) is 13.0 Å². The molecule has 0 saturated carbocycles. The van der Waals surface area contributed by atoms with E-state index in [2.05, 4.69) is 29.5 Å². The van der Waals surface area contributed by atoms with Gasteiger partial charge in [-0.25, -0.2) is 9.78 Å². The molecule has 6 heteroatoms. The average Bonchev–Trinajstić information content (AvgIpc) is 3.00. The number of amides is 2. The molecular weight excluding hydrogens is 340 g/mol. The molecule has 0 radical (unpaired) electrons. The molecule has 27 heavy (non-hydrogen) atoms. The van der Waals surface area contributed by atoms with Crippen LogP contribution in [0.1, 0.15) is 31.3 Å². The van der Waals surface area contributed by atoms with Gasteiger partial charge in [-0.15, -0.1) is 0 Å². The van der Waals surface area contributed by atoms with Crippen LogP contribution in [0.2, 0.25) is 0 Å². The molecule has 0 fully saturated rings. The van der Waals surface area contributed by atoms with E-state index in [4.69, 9.17) is 4.74 Å². The largest absolute Gasteiger partial charge is 0.497 e. The Kier molecular flexibility index (Phi) is 5.64. The Balaban J connectivity index is 1.66. The second kappa shape index (κ2) is 8.12. The van der Waals surface area contributed by atoms with E-state index in [0.29, 0.717) is 6.54 Å². The van der Waals surface area contributed by atoms with E-state index in [-0.39, 0.29) is 18.0 Å². The summed E-state index contributed by atoms with van der Waals surface area (Å²) >= 11 is 0. The molecule has 2 aromatic carbocycles. The minimum Gasteiger partial charge on any atom is -0.497 e. The van der Waals surface area contributed by atoms with E-state index in [0.717, 1.165) is 28.2 Å². The highest BCUT2D eigenvalue weighted by atomic mass is 16.5. The molecule has 142 valence electrons. The molecule has 0 aliphatic carbocycles. The van der Waals surface area contributed by atoms with Crippen LogP contribution in [0.25, 0.3) is 11.0 Å². The molecule has 0 bridgehead atoms. The monoisotopic (exact) mass is 366 g/mol. The summed E-state index contributed by atoms with van der Waals surface area (Å²) < 4.78 is 7.20. The van der Waals surface area contributed by atoms with E-state index in [1.807, 2.05) is 60.1 Å². The van der Waals surface area contributed by atoms with Gasteiger partial charge in [-0.1, -0.05) is 38.1 Å². The molecule has 2 N–H and O–H groups in total. The van der Waals surface area contributed by atoms with Crippen molar-refractivity contribution in [3.8, 4) is 5.75 Å². The predicted octanol–water partition coefficient (Wildman–Crippen LogP) is 3.78. The fourth-order valence-electron chi connectivity index (χ4n) is 3.15. The van der Waals surface area contributed by atoms with Gasteiger partial charge in [0, 0.05) is 7.05 Å². The van der Waals surface area contributed by atoms with Gasteiger partial charge < -0.3 is 19.9 Å². The number of fused-ring (bicyclic) bond motifs is 1. The number of para-hydroxylation sites is 2. The van der Waals surface area contributed by atoms with Crippen LogP contribution >= 0.6 is 0 Å². The van der Waals surface area contributed by atoms with Crippen molar-refractivity contribution in [3.63, 3.8) is 0 Å². The van der Waals surface area contributed by atoms with Gasteiger partial charge in [0.1, 0.15) is 11.6 Å². The minimum absolute atomic E-state index is 0.0867. The second-order valence-electron chi connectivity index (χ2n) is 6.90. The zero-order chi connectivity index (χ0) is 19.4. The number of aromatic nitrogens is 2. The van der Waals surface area contributed by atoms with Crippen LogP contribution in [0.5, 0.6) is 5.75 Å². The third kappa shape index (κ3) is 4.22. The number of methoxy groups -OCH3 is 1. The number of carbonyl (C=O) groups excluding carboxylic acids is 1. The van der Waals surface area contributed by atoms with E-state index >= 15 is 0 Å². The highest BCUT2D eigenvalue weighted by molar-refractivity contribution is 5.76. The Morgan fingerprint density at radius 3 is 2.48 bits per heavy atom. The van der Waals surface area contributed by atoms with Gasteiger partial charge in [-0.2, -0.15) is 0 Å². The highest BCUT2D eigenvalue weighted by Crippen LogP contribution is 2.23. The van der Waals surface area contributed by atoms with Gasteiger partial charge in [0.15, 0.2) is 0 Å². The Bertz CT molecular complexity index is 916. The Morgan fingerprint density at radius 1 is 1.15 bits per heavy atom. The summed E-state index contributed by atoms with van der Waals surface area (Å²) in [5.41, 5.74) is 3.02. The van der Waals surface area contributed by atoms with Gasteiger partial charge in [-0.3, -0.25) is 0 Å². The second-order valence-corrected chi connectivity index (χ2v) is 6.90. The van der Waals surface area contributed by atoms with Gasteiger partial charge >= 0.3 is 6.03 Å². The lowest BCUT2D eigenvalue weighted by Crippen LogP contribution is -2.39. The first-order chi connectivity index (χ1) is 13.0. The zero-order valence-corrected chi connectivity index (χ0v) is 16.2. The van der Waals surface area contributed by atoms with Crippen molar-refractivity contribution >= 4 is 17.1 Å². The number of ether oxygens (including phenoxy) is 1. The Morgan fingerprint density at radius 2 is 1.85 bits per heavy atom. The number of aryl methyl sites for hydroxylation is 1. The van der Waals surface area contributed by atoms with Gasteiger partial charge in [0.05, 0.1) is 30.7 Å². The predicted molar refractivity (Wildman–Crippen MR) is 107 cm³/mol. The molecule has 3 rings (SSSR count). The first-order valence-corrected chi connectivity index (χ1v) is 9.08. The summed E-state index contributed by atoms with van der Waals surface area (Å²) in [6, 6.07) is 15.4. The van der Waals surface area contributed by atoms with Crippen molar-refractivity contribution in [3.05, 3.63) is 59.9 Å². The number of nitrogens with zero attached hydrogens (tertiary/aromatic N) is 2. The summed E-state index contributed by atoms with van der Waals surface area (Å²) in [5, 5.41) is 5.99. The van der Waals surface area contributed by atoms with E-state index in [9.17, 15) is 4.79 Å². The van der Waals surface area contributed by atoms with Crippen LogP contribution < -0.4 is 15.4 Å². The summed E-state index contributed by atoms with van der Waals surface area (Å²) in [6.07, 6.45) is 0. The molecule has 0 aliphatic rings. The maximum absolute atomic E-state index is 12.5. The van der Waals surface area contributed by atoms with Gasteiger partial charge in [-0.05, 0) is 35.7 Å². The average molecular weight is 366 g/mol. The number of urea groups is 1. The maximum Gasteiger partial charge on any atom is 0.315 e. The fourth-order valence-corrected chi connectivity index (χ4v) is 3.15. The molecule has 0 aliphatic heterocycles. The number of hydrogen-bond donors (Lipinski definition) is 2. The molecule has 1 atom stereocenters. The van der Waals surface area contributed by atoms with Crippen molar-refractivity contribution < 1.29 is 9.53 Å². The Labute approximate surface area is 159 Å². The smallest absolute Gasteiger partial charge is 0.315 e. The van der Waals surface area contributed by atoms with Gasteiger partial charge in [0.2, 0.25) is 0 Å². The molecular formula is C21H26N4O2. The van der Waals surface area contributed by atoms with Crippen LogP contribution in [-0.2, 0) is 13.6 Å². The van der Waals surface area contributed by atoms with Gasteiger partial charge in [0.25, 0.3) is 0 Å². The van der Waals surface area contributed by atoms with Crippen LogP contribution in [0.3, 0.4) is 0 Å². The summed E-state index contributed by atoms with van der Waals surface area (Å²) in [4.78, 5) is 17.1. The molecule has 0 spiro atoms. The van der Waals surface area contributed by atoms with Crippen molar-refractivity contribution in [1.29, 1.82) is 0 Å².